The fourth-order valence-electron chi connectivity index (χ4n) is 7.59. The van der Waals surface area contributed by atoms with Gasteiger partial charge in [0.05, 0.1) is 0 Å². The van der Waals surface area contributed by atoms with Gasteiger partial charge in [0.2, 0.25) is 0 Å². The molecule has 0 saturated heterocycles. The molecule has 0 aliphatic carbocycles. The van der Waals surface area contributed by atoms with Crippen molar-refractivity contribution in [1.29, 1.82) is 0 Å². The van der Waals surface area contributed by atoms with E-state index in [1.807, 2.05) is 0 Å². The van der Waals surface area contributed by atoms with Crippen molar-refractivity contribution in [3.8, 4) is 0 Å². The third-order valence-corrected chi connectivity index (χ3v) is 13.4. The molecule has 0 atom stereocenters. The van der Waals surface area contributed by atoms with E-state index in [0.29, 0.717) is 5.92 Å². The van der Waals surface area contributed by atoms with Crippen LogP contribution in [0.15, 0.2) is 30.9 Å². The normalized spacial score (nSPS) is 15.3. The van der Waals surface area contributed by atoms with Crippen LogP contribution in [0.4, 0.5) is 0 Å². The molecular weight excluding hydrogens is 516 g/mol. The quantitative estimate of drug-likeness (QED) is 0.188. The molecule has 1 rings (SSSR count). The first kappa shape index (κ1) is 40.0. The van der Waals surface area contributed by atoms with Crippen molar-refractivity contribution in [2.24, 2.45) is 38.4 Å². The molecule has 1 aromatic rings. The van der Waals surface area contributed by atoms with Gasteiger partial charge in [-0.05, 0) is 97.0 Å². The second-order valence-corrected chi connectivity index (χ2v) is 21.2. The van der Waals surface area contributed by atoms with E-state index in [4.69, 9.17) is 0 Å². The van der Waals surface area contributed by atoms with Crippen molar-refractivity contribution in [3.63, 3.8) is 0 Å². The van der Waals surface area contributed by atoms with Crippen LogP contribution in [0.25, 0.3) is 0 Å². The van der Waals surface area contributed by atoms with Gasteiger partial charge in [0.1, 0.15) is 0 Å². The van der Waals surface area contributed by atoms with Crippen molar-refractivity contribution < 1.29 is 0 Å². The molecule has 0 unspecified atom stereocenters. The van der Waals surface area contributed by atoms with Crippen molar-refractivity contribution >= 4 is 0 Å². The summed E-state index contributed by atoms with van der Waals surface area (Å²) in [6.45, 7) is 55.9. The summed E-state index contributed by atoms with van der Waals surface area (Å²) in [4.78, 5) is 0. The Kier molecular flexibility index (Phi) is 11.4. The van der Waals surface area contributed by atoms with Gasteiger partial charge in [-0.25, -0.2) is 0 Å². The topological polar surface area (TPSA) is 0 Å². The third kappa shape index (κ3) is 8.82. The van der Waals surface area contributed by atoms with Gasteiger partial charge >= 0.3 is 0 Å². The molecular formula is C43H78. The van der Waals surface area contributed by atoms with E-state index in [9.17, 15) is 0 Å². The second-order valence-electron chi connectivity index (χ2n) is 21.2. The highest BCUT2D eigenvalue weighted by molar-refractivity contribution is 5.42. The van der Waals surface area contributed by atoms with Crippen LogP contribution in [0.1, 0.15) is 188 Å². The molecule has 250 valence electrons. The van der Waals surface area contributed by atoms with Crippen molar-refractivity contribution in [1.82, 2.24) is 0 Å². The average molecular weight is 595 g/mol. The molecule has 0 aliphatic rings. The minimum atomic E-state index is -0.00950. The Balaban J connectivity index is 3.76. The fraction of sp³-hybridized carbons (Fsp3) is 0.814. The lowest BCUT2D eigenvalue weighted by molar-refractivity contribution is -0.00460. The maximum absolute atomic E-state index is 4.05. The predicted octanol–water partition coefficient (Wildman–Crippen LogP) is 14.1. The monoisotopic (exact) mass is 595 g/mol. The summed E-state index contributed by atoms with van der Waals surface area (Å²) < 4.78 is 0. The standard InChI is InChI=1S/C43H78/c1-23-24-36(7,8)28-38(11,12)39(13,14)30-41(17,18)43(21,22)34-26-32(35(4,5)6)25-33(27-34)42(19,20)40(15,16)29-37(9,10)31(2)3/h23,25-27,31H,1,24,28-30H2,2-22H3. The van der Waals surface area contributed by atoms with E-state index < -0.39 is 0 Å². The smallest absolute Gasteiger partial charge is 0.00520 e. The summed E-state index contributed by atoms with van der Waals surface area (Å²) in [7, 11) is 0. The first-order valence-electron chi connectivity index (χ1n) is 17.5. The molecule has 0 fully saturated rings. The van der Waals surface area contributed by atoms with Gasteiger partial charge in [-0.15, -0.1) is 6.58 Å². The van der Waals surface area contributed by atoms with Gasteiger partial charge in [0, 0.05) is 0 Å². The highest BCUT2D eigenvalue weighted by Crippen LogP contribution is 2.57. The number of benzene rings is 1. The summed E-state index contributed by atoms with van der Waals surface area (Å²) in [5.74, 6) is 0.647. The Morgan fingerprint density at radius 1 is 0.512 bits per heavy atom. The summed E-state index contributed by atoms with van der Waals surface area (Å²) in [5.41, 5.74) is 5.66. The minimum absolute atomic E-state index is 0.00950. The SMILES string of the molecule is C=CCC(C)(C)CC(C)(C)C(C)(C)CC(C)(C)C(C)(C)c1cc(C(C)(C)C)cc(C(C)(C)C(C)(C)CC(C)(C)C(C)C)c1. The summed E-state index contributed by atoms with van der Waals surface area (Å²) in [6, 6.07) is 7.70. The Hall–Kier alpha value is -1.04. The molecule has 0 amide bonds. The maximum atomic E-state index is 4.05. The molecule has 0 heterocycles. The molecule has 0 saturated carbocycles. The van der Waals surface area contributed by atoms with E-state index in [-0.39, 0.29) is 48.7 Å². The Morgan fingerprint density at radius 3 is 1.21 bits per heavy atom. The summed E-state index contributed by atoms with van der Waals surface area (Å²) in [6.07, 6.45) is 6.71. The van der Waals surface area contributed by atoms with Gasteiger partial charge in [-0.3, -0.25) is 0 Å². The zero-order valence-corrected chi connectivity index (χ0v) is 33.4. The highest BCUT2D eigenvalue weighted by atomic mass is 14.5. The lowest BCUT2D eigenvalue weighted by atomic mass is 9.51. The molecule has 1 aromatic carbocycles. The molecule has 0 radical (unpaired) electrons. The molecule has 0 nitrogen and oxygen atoms in total. The van der Waals surface area contributed by atoms with E-state index in [1.54, 1.807) is 0 Å². The molecule has 0 aromatic heterocycles. The first-order chi connectivity index (χ1) is 18.7. The van der Waals surface area contributed by atoms with E-state index in [2.05, 4.69) is 176 Å². The third-order valence-electron chi connectivity index (χ3n) is 13.4. The van der Waals surface area contributed by atoms with Crippen LogP contribution in [-0.4, -0.2) is 0 Å². The first-order valence-corrected chi connectivity index (χ1v) is 17.5. The zero-order chi connectivity index (χ0) is 34.5. The zero-order valence-electron chi connectivity index (χ0n) is 33.4. The minimum Gasteiger partial charge on any atom is -0.103 e. The maximum Gasteiger partial charge on any atom is -0.00520 e. The molecule has 0 bridgehead atoms. The number of hydrogen-bond acceptors (Lipinski definition) is 0. The van der Waals surface area contributed by atoms with Crippen LogP contribution < -0.4 is 0 Å². The lowest BCUT2D eigenvalue weighted by Gasteiger charge is -2.53. The summed E-state index contributed by atoms with van der Waals surface area (Å²) >= 11 is 0. The molecule has 0 N–H and O–H groups in total. The van der Waals surface area contributed by atoms with Gasteiger partial charge in [-0.2, -0.15) is 0 Å². The fourth-order valence-corrected chi connectivity index (χ4v) is 7.59. The second kappa shape index (κ2) is 12.3. The Bertz CT molecular complexity index is 1090. The van der Waals surface area contributed by atoms with Crippen LogP contribution in [0.2, 0.25) is 0 Å². The Labute approximate surface area is 272 Å². The van der Waals surface area contributed by atoms with E-state index >= 15 is 0 Å². The van der Waals surface area contributed by atoms with Crippen LogP contribution in [0.3, 0.4) is 0 Å². The van der Waals surface area contributed by atoms with Crippen LogP contribution in [-0.2, 0) is 16.2 Å². The molecule has 0 heteroatoms. The summed E-state index contributed by atoms with van der Waals surface area (Å²) in [5, 5.41) is 0. The number of hydrogen-bond donors (Lipinski definition) is 0. The van der Waals surface area contributed by atoms with Crippen LogP contribution in [0, 0.1) is 38.4 Å². The number of rotatable bonds is 14. The van der Waals surface area contributed by atoms with Crippen LogP contribution in [0.5, 0.6) is 0 Å². The van der Waals surface area contributed by atoms with Crippen LogP contribution >= 0.6 is 0 Å². The molecule has 43 heavy (non-hydrogen) atoms. The molecule has 0 spiro atoms. The molecule has 0 aliphatic heterocycles. The Morgan fingerprint density at radius 2 is 0.860 bits per heavy atom. The average Bonchev–Trinajstić information content (AvgIpc) is 2.75. The van der Waals surface area contributed by atoms with Crippen molar-refractivity contribution in [2.45, 2.75) is 187 Å². The van der Waals surface area contributed by atoms with Gasteiger partial charge in [0.15, 0.2) is 0 Å². The lowest BCUT2D eigenvalue weighted by Crippen LogP contribution is -2.46. The van der Waals surface area contributed by atoms with Gasteiger partial charge < -0.3 is 0 Å². The van der Waals surface area contributed by atoms with Gasteiger partial charge in [0.25, 0.3) is 0 Å². The largest absolute Gasteiger partial charge is 0.103 e. The van der Waals surface area contributed by atoms with Crippen molar-refractivity contribution in [3.05, 3.63) is 47.5 Å². The number of allylic oxidation sites excluding steroid dienone is 1. The highest BCUT2D eigenvalue weighted by Gasteiger charge is 2.49. The predicted molar refractivity (Wildman–Crippen MR) is 197 cm³/mol. The van der Waals surface area contributed by atoms with E-state index in [0.717, 1.165) is 12.8 Å². The van der Waals surface area contributed by atoms with E-state index in [1.165, 1.54) is 29.5 Å². The van der Waals surface area contributed by atoms with Gasteiger partial charge in [-0.1, -0.05) is 170 Å². The van der Waals surface area contributed by atoms with Crippen molar-refractivity contribution in [2.75, 3.05) is 0 Å².